The van der Waals surface area contributed by atoms with Gasteiger partial charge in [-0.15, -0.1) is 11.3 Å². The molecule has 0 saturated carbocycles. The number of benzene rings is 1. The number of nitrogens with one attached hydrogen (secondary N) is 1. The maximum absolute atomic E-state index is 12.7. The first-order valence-corrected chi connectivity index (χ1v) is 8.10. The Morgan fingerprint density at radius 3 is 2.80 bits per heavy atom. The van der Waals surface area contributed by atoms with Crippen molar-refractivity contribution in [3.8, 4) is 5.75 Å². The lowest BCUT2D eigenvalue weighted by molar-refractivity contribution is -0.134. The number of carbonyl (C=O) groups excluding carboxylic acids is 1. The Hall–Kier alpha value is -2.55. The van der Waals surface area contributed by atoms with Gasteiger partial charge in [0.2, 0.25) is 0 Å². The van der Waals surface area contributed by atoms with E-state index in [1.807, 2.05) is 7.05 Å². The number of hydrogen-bond acceptors (Lipinski definition) is 4. The summed E-state index contributed by atoms with van der Waals surface area (Å²) < 4.78 is 45.1. The molecular formula is C16H14F3N3O2S. The molecule has 0 aliphatic heterocycles. The van der Waals surface area contributed by atoms with Crippen LogP contribution in [0.25, 0.3) is 11.0 Å². The number of nitrogens with zero attached hydrogens (tertiary/aromatic N) is 2. The van der Waals surface area contributed by atoms with Crippen LogP contribution >= 0.6 is 11.3 Å². The number of aromatic nitrogens is 2. The predicted molar refractivity (Wildman–Crippen MR) is 87.8 cm³/mol. The van der Waals surface area contributed by atoms with Gasteiger partial charge in [-0.3, -0.25) is 4.79 Å². The Labute approximate surface area is 145 Å². The van der Waals surface area contributed by atoms with E-state index < -0.39 is 17.0 Å². The molecule has 2 aromatic heterocycles. The fourth-order valence-corrected chi connectivity index (χ4v) is 3.30. The maximum Gasteiger partial charge on any atom is 0.425 e. The zero-order chi connectivity index (χ0) is 18.2. The zero-order valence-corrected chi connectivity index (χ0v) is 14.2. The normalized spacial score (nSPS) is 11.7. The molecule has 9 heteroatoms. The van der Waals surface area contributed by atoms with E-state index in [1.54, 1.807) is 23.0 Å². The van der Waals surface area contributed by atoms with Gasteiger partial charge in [-0.2, -0.15) is 13.2 Å². The lowest BCUT2D eigenvalue weighted by atomic mass is 10.1. The Balaban J connectivity index is 1.84. The SMILES string of the molecule is COc1ccc2ncn(C)c2c1CNC(=O)c1csc(C(F)(F)F)c1. The van der Waals surface area contributed by atoms with E-state index in [-0.39, 0.29) is 12.1 Å². The zero-order valence-electron chi connectivity index (χ0n) is 13.3. The van der Waals surface area contributed by atoms with Gasteiger partial charge in [0.1, 0.15) is 10.6 Å². The van der Waals surface area contributed by atoms with Crippen molar-refractivity contribution in [2.45, 2.75) is 12.7 Å². The fourth-order valence-electron chi connectivity index (χ4n) is 2.55. The van der Waals surface area contributed by atoms with Gasteiger partial charge >= 0.3 is 6.18 Å². The number of halogens is 3. The summed E-state index contributed by atoms with van der Waals surface area (Å²) in [6, 6.07) is 4.39. The minimum Gasteiger partial charge on any atom is -0.496 e. The molecule has 0 aliphatic rings. The van der Waals surface area contributed by atoms with Gasteiger partial charge in [0.15, 0.2) is 0 Å². The highest BCUT2D eigenvalue weighted by molar-refractivity contribution is 7.10. The Bertz CT molecular complexity index is 930. The van der Waals surface area contributed by atoms with Gasteiger partial charge in [0.25, 0.3) is 5.91 Å². The highest BCUT2D eigenvalue weighted by atomic mass is 32.1. The number of aryl methyl sites for hydroxylation is 1. The van der Waals surface area contributed by atoms with Crippen molar-refractivity contribution in [2.75, 3.05) is 7.11 Å². The first-order chi connectivity index (χ1) is 11.8. The topological polar surface area (TPSA) is 56.1 Å². The molecule has 1 aromatic carbocycles. The number of imidazole rings is 1. The number of ether oxygens (including phenoxy) is 1. The van der Waals surface area contributed by atoms with Gasteiger partial charge in [-0.05, 0) is 18.2 Å². The molecule has 0 atom stereocenters. The van der Waals surface area contributed by atoms with Gasteiger partial charge in [-0.25, -0.2) is 4.98 Å². The molecular weight excluding hydrogens is 355 g/mol. The van der Waals surface area contributed by atoms with Gasteiger partial charge < -0.3 is 14.6 Å². The second kappa shape index (κ2) is 6.40. The van der Waals surface area contributed by atoms with Crippen LogP contribution in [0.4, 0.5) is 13.2 Å². The molecule has 0 saturated heterocycles. The number of rotatable bonds is 4. The van der Waals surface area contributed by atoms with Crippen molar-refractivity contribution in [1.29, 1.82) is 0 Å². The van der Waals surface area contributed by atoms with E-state index in [1.165, 1.54) is 12.5 Å². The number of alkyl halides is 3. The summed E-state index contributed by atoms with van der Waals surface area (Å²) in [5.74, 6) is -0.00864. The van der Waals surface area contributed by atoms with Crippen LogP contribution in [-0.2, 0) is 19.8 Å². The Morgan fingerprint density at radius 1 is 1.40 bits per heavy atom. The summed E-state index contributed by atoms with van der Waals surface area (Å²) in [6.45, 7) is 0.107. The molecule has 2 heterocycles. The number of hydrogen-bond donors (Lipinski definition) is 1. The van der Waals surface area contributed by atoms with Crippen LogP contribution < -0.4 is 10.1 Å². The van der Waals surface area contributed by atoms with Gasteiger partial charge in [0, 0.05) is 24.5 Å². The van der Waals surface area contributed by atoms with Crippen molar-refractivity contribution in [3.05, 3.63) is 45.9 Å². The second-order valence-electron chi connectivity index (χ2n) is 5.35. The second-order valence-corrected chi connectivity index (χ2v) is 6.26. The van der Waals surface area contributed by atoms with Crippen LogP contribution in [0, 0.1) is 0 Å². The van der Waals surface area contributed by atoms with Crippen LogP contribution in [-0.4, -0.2) is 22.6 Å². The molecule has 132 valence electrons. The molecule has 0 spiro atoms. The summed E-state index contributed by atoms with van der Waals surface area (Å²) in [5.41, 5.74) is 2.22. The number of methoxy groups -OCH3 is 1. The summed E-state index contributed by atoms with van der Waals surface area (Å²) in [7, 11) is 3.33. The number of fused-ring (bicyclic) bond motifs is 1. The van der Waals surface area contributed by atoms with Crippen molar-refractivity contribution in [1.82, 2.24) is 14.9 Å². The number of thiophene rings is 1. The third kappa shape index (κ3) is 3.32. The Kier molecular flexibility index (Phi) is 4.42. The van der Waals surface area contributed by atoms with Crippen LogP contribution in [0.1, 0.15) is 20.8 Å². The standard InChI is InChI=1S/C16H14F3N3O2S/c1-22-8-21-11-3-4-12(24-2)10(14(11)22)6-20-15(23)9-5-13(25-7-9)16(17,18)19/h3-5,7-8H,6H2,1-2H3,(H,20,23). The first kappa shape index (κ1) is 17.3. The molecule has 0 unspecified atom stereocenters. The van der Waals surface area contributed by atoms with Gasteiger partial charge in [-0.1, -0.05) is 0 Å². The number of carbonyl (C=O) groups is 1. The van der Waals surface area contributed by atoms with Crippen LogP contribution in [0.2, 0.25) is 0 Å². The van der Waals surface area contributed by atoms with Crippen LogP contribution in [0.15, 0.2) is 29.9 Å². The summed E-state index contributed by atoms with van der Waals surface area (Å²) in [5, 5.41) is 3.84. The molecule has 0 fully saturated rings. The predicted octanol–water partition coefficient (Wildman–Crippen LogP) is 3.59. The quantitative estimate of drug-likeness (QED) is 0.765. The summed E-state index contributed by atoms with van der Waals surface area (Å²) in [4.78, 5) is 15.6. The number of amides is 1. The Morgan fingerprint density at radius 2 is 2.16 bits per heavy atom. The van der Waals surface area contributed by atoms with E-state index in [2.05, 4.69) is 10.3 Å². The molecule has 3 rings (SSSR count). The van der Waals surface area contributed by atoms with Crippen LogP contribution in [0.5, 0.6) is 5.75 Å². The van der Waals surface area contributed by atoms with Crippen molar-refractivity contribution < 1.29 is 22.7 Å². The maximum atomic E-state index is 12.7. The van der Waals surface area contributed by atoms with Gasteiger partial charge in [0.05, 0.1) is 30.0 Å². The molecule has 1 N–H and O–H groups in total. The van der Waals surface area contributed by atoms with E-state index in [0.29, 0.717) is 22.6 Å². The fraction of sp³-hybridized carbons (Fsp3) is 0.250. The molecule has 0 bridgehead atoms. The van der Waals surface area contributed by atoms with Crippen LogP contribution in [0.3, 0.4) is 0 Å². The van der Waals surface area contributed by atoms with E-state index >= 15 is 0 Å². The molecule has 0 radical (unpaired) electrons. The monoisotopic (exact) mass is 369 g/mol. The first-order valence-electron chi connectivity index (χ1n) is 7.22. The molecule has 1 amide bonds. The van der Waals surface area contributed by atoms with Crippen molar-refractivity contribution in [3.63, 3.8) is 0 Å². The molecule has 0 aliphatic carbocycles. The van der Waals surface area contributed by atoms with E-state index in [0.717, 1.165) is 17.1 Å². The van der Waals surface area contributed by atoms with Crippen molar-refractivity contribution in [2.24, 2.45) is 7.05 Å². The third-order valence-electron chi connectivity index (χ3n) is 3.73. The minimum atomic E-state index is -4.45. The average molecular weight is 369 g/mol. The lowest BCUT2D eigenvalue weighted by Gasteiger charge is -2.12. The smallest absolute Gasteiger partial charge is 0.425 e. The summed E-state index contributed by atoms with van der Waals surface area (Å²) >= 11 is 0.496. The highest BCUT2D eigenvalue weighted by Crippen LogP contribution is 2.34. The minimum absolute atomic E-state index is 0.0199. The average Bonchev–Trinajstić information content (AvgIpc) is 3.19. The lowest BCUT2D eigenvalue weighted by Crippen LogP contribution is -2.23. The molecule has 3 aromatic rings. The molecule has 25 heavy (non-hydrogen) atoms. The van der Waals surface area contributed by atoms with E-state index in [9.17, 15) is 18.0 Å². The third-order valence-corrected chi connectivity index (χ3v) is 4.70. The largest absolute Gasteiger partial charge is 0.496 e. The highest BCUT2D eigenvalue weighted by Gasteiger charge is 2.33. The van der Waals surface area contributed by atoms with E-state index in [4.69, 9.17) is 4.74 Å². The summed E-state index contributed by atoms with van der Waals surface area (Å²) in [6.07, 6.45) is -2.81. The molecule has 5 nitrogen and oxygen atoms in total. The van der Waals surface area contributed by atoms with Crippen molar-refractivity contribution >= 4 is 28.3 Å².